The van der Waals surface area contributed by atoms with Crippen LogP contribution < -0.4 is 5.56 Å². The fourth-order valence-electron chi connectivity index (χ4n) is 1.96. The van der Waals surface area contributed by atoms with E-state index in [0.717, 1.165) is 5.39 Å². The fraction of sp³-hybridized carbons (Fsp3) is 0.333. The van der Waals surface area contributed by atoms with E-state index < -0.39 is 0 Å². The van der Waals surface area contributed by atoms with Crippen molar-refractivity contribution in [2.75, 3.05) is 0 Å². The molecule has 0 saturated heterocycles. The van der Waals surface area contributed by atoms with Crippen LogP contribution >= 0.6 is 0 Å². The van der Waals surface area contributed by atoms with E-state index >= 15 is 0 Å². The molecule has 0 aliphatic carbocycles. The predicted octanol–water partition coefficient (Wildman–Crippen LogP) is 2.82. The highest BCUT2D eigenvalue weighted by Crippen LogP contribution is 2.24. The highest BCUT2D eigenvalue weighted by atomic mass is 16.1. The summed E-state index contributed by atoms with van der Waals surface area (Å²) in [5.41, 5.74) is 1.16. The standard InChI is InChI=1S/C15H16N2O/c1-15(2,3)12-4-5-13-11(10-12)6-8-17(9-7-16)14(13)18/h4-6,8,10H,9H2,1-3H3. The zero-order valence-electron chi connectivity index (χ0n) is 10.9. The van der Waals surface area contributed by atoms with Gasteiger partial charge in [0.1, 0.15) is 6.54 Å². The van der Waals surface area contributed by atoms with Crippen molar-refractivity contribution < 1.29 is 0 Å². The summed E-state index contributed by atoms with van der Waals surface area (Å²) in [4.78, 5) is 12.1. The van der Waals surface area contributed by atoms with Crippen molar-refractivity contribution in [2.45, 2.75) is 32.7 Å². The van der Waals surface area contributed by atoms with Crippen molar-refractivity contribution in [1.29, 1.82) is 5.26 Å². The summed E-state index contributed by atoms with van der Waals surface area (Å²) >= 11 is 0. The summed E-state index contributed by atoms with van der Waals surface area (Å²) in [6.45, 7) is 6.52. The summed E-state index contributed by atoms with van der Waals surface area (Å²) in [7, 11) is 0. The summed E-state index contributed by atoms with van der Waals surface area (Å²) in [6.07, 6.45) is 1.68. The molecule has 3 heteroatoms. The lowest BCUT2D eigenvalue weighted by Gasteiger charge is -2.19. The number of benzene rings is 1. The summed E-state index contributed by atoms with van der Waals surface area (Å²) in [6, 6.07) is 9.77. The van der Waals surface area contributed by atoms with Gasteiger partial charge in [-0.2, -0.15) is 5.26 Å². The van der Waals surface area contributed by atoms with Crippen LogP contribution in [0.4, 0.5) is 0 Å². The Balaban J connectivity index is 2.66. The molecule has 2 aromatic rings. The van der Waals surface area contributed by atoms with Crippen LogP contribution in [0.25, 0.3) is 10.8 Å². The number of hydrogen-bond acceptors (Lipinski definition) is 2. The van der Waals surface area contributed by atoms with Gasteiger partial charge in [-0.15, -0.1) is 0 Å². The summed E-state index contributed by atoms with van der Waals surface area (Å²) in [5, 5.41) is 10.3. The largest absolute Gasteiger partial charge is 0.301 e. The van der Waals surface area contributed by atoms with Gasteiger partial charge < -0.3 is 4.57 Å². The molecule has 92 valence electrons. The number of hydrogen-bond donors (Lipinski definition) is 0. The van der Waals surface area contributed by atoms with Gasteiger partial charge in [0.15, 0.2) is 0 Å². The molecule has 0 unspecified atom stereocenters. The zero-order chi connectivity index (χ0) is 13.3. The Bertz CT molecular complexity index is 684. The van der Waals surface area contributed by atoms with Crippen LogP contribution in [0.15, 0.2) is 35.3 Å². The van der Waals surface area contributed by atoms with E-state index in [4.69, 9.17) is 5.26 Å². The molecule has 0 amide bonds. The summed E-state index contributed by atoms with van der Waals surface area (Å²) < 4.78 is 1.43. The quantitative estimate of drug-likeness (QED) is 0.769. The van der Waals surface area contributed by atoms with Crippen molar-refractivity contribution in [3.8, 4) is 6.07 Å². The third-order valence-electron chi connectivity index (χ3n) is 3.08. The van der Waals surface area contributed by atoms with Crippen LogP contribution in [0.3, 0.4) is 0 Å². The Labute approximate surface area is 106 Å². The minimum Gasteiger partial charge on any atom is -0.301 e. The lowest BCUT2D eigenvalue weighted by atomic mass is 9.86. The van der Waals surface area contributed by atoms with Crippen LogP contribution in [0.2, 0.25) is 0 Å². The average Bonchev–Trinajstić information content (AvgIpc) is 2.31. The molecule has 3 nitrogen and oxygen atoms in total. The lowest BCUT2D eigenvalue weighted by molar-refractivity contribution is 0.591. The Morgan fingerprint density at radius 1 is 1.28 bits per heavy atom. The van der Waals surface area contributed by atoms with E-state index in [1.165, 1.54) is 10.1 Å². The first-order valence-electron chi connectivity index (χ1n) is 5.94. The second-order valence-electron chi connectivity index (χ2n) is 5.46. The maximum atomic E-state index is 12.1. The Hall–Kier alpha value is -2.08. The molecule has 0 spiro atoms. The highest BCUT2D eigenvalue weighted by Gasteiger charge is 2.14. The Morgan fingerprint density at radius 3 is 2.61 bits per heavy atom. The topological polar surface area (TPSA) is 45.8 Å². The van der Waals surface area contributed by atoms with Gasteiger partial charge in [0.2, 0.25) is 0 Å². The first-order chi connectivity index (χ1) is 8.43. The van der Waals surface area contributed by atoms with E-state index in [9.17, 15) is 4.79 Å². The van der Waals surface area contributed by atoms with Gasteiger partial charge in [-0.1, -0.05) is 32.9 Å². The number of aromatic nitrogens is 1. The molecule has 0 aliphatic rings. The van der Waals surface area contributed by atoms with E-state index in [0.29, 0.717) is 5.39 Å². The normalized spacial score (nSPS) is 11.4. The maximum Gasteiger partial charge on any atom is 0.259 e. The van der Waals surface area contributed by atoms with Crippen molar-refractivity contribution in [3.05, 3.63) is 46.4 Å². The maximum absolute atomic E-state index is 12.1. The molecular weight excluding hydrogens is 224 g/mol. The second-order valence-corrected chi connectivity index (χ2v) is 5.46. The summed E-state index contributed by atoms with van der Waals surface area (Å²) in [5.74, 6) is 0. The Morgan fingerprint density at radius 2 is 2.00 bits per heavy atom. The van der Waals surface area contributed by atoms with Gasteiger partial charge in [0.05, 0.1) is 6.07 Å². The van der Waals surface area contributed by atoms with Gasteiger partial charge in [-0.25, -0.2) is 0 Å². The molecule has 1 aromatic carbocycles. The second kappa shape index (κ2) is 4.30. The first-order valence-corrected chi connectivity index (χ1v) is 5.94. The van der Waals surface area contributed by atoms with Gasteiger partial charge >= 0.3 is 0 Å². The fourth-order valence-corrected chi connectivity index (χ4v) is 1.96. The van der Waals surface area contributed by atoms with E-state index in [1.54, 1.807) is 6.20 Å². The number of nitriles is 1. The molecule has 0 fully saturated rings. The number of nitrogens with zero attached hydrogens (tertiary/aromatic N) is 2. The van der Waals surface area contributed by atoms with Crippen LogP contribution in [-0.2, 0) is 12.0 Å². The number of pyridine rings is 1. The van der Waals surface area contributed by atoms with Crippen molar-refractivity contribution >= 4 is 10.8 Å². The molecular formula is C15H16N2O. The first kappa shape index (κ1) is 12.4. The minimum absolute atomic E-state index is 0.0652. The van der Waals surface area contributed by atoms with Crippen LogP contribution in [-0.4, -0.2) is 4.57 Å². The van der Waals surface area contributed by atoms with E-state index in [-0.39, 0.29) is 17.5 Å². The monoisotopic (exact) mass is 240 g/mol. The third kappa shape index (κ3) is 2.14. The molecule has 0 radical (unpaired) electrons. The smallest absolute Gasteiger partial charge is 0.259 e. The van der Waals surface area contributed by atoms with Crippen molar-refractivity contribution in [2.24, 2.45) is 0 Å². The minimum atomic E-state index is -0.102. The molecule has 1 heterocycles. The van der Waals surface area contributed by atoms with Gasteiger partial charge in [-0.05, 0) is 28.5 Å². The molecule has 1 aromatic heterocycles. The highest BCUT2D eigenvalue weighted by molar-refractivity contribution is 5.82. The third-order valence-corrected chi connectivity index (χ3v) is 3.08. The van der Waals surface area contributed by atoms with Crippen LogP contribution in [0.1, 0.15) is 26.3 Å². The van der Waals surface area contributed by atoms with Crippen molar-refractivity contribution in [3.63, 3.8) is 0 Å². The van der Waals surface area contributed by atoms with Gasteiger partial charge in [-0.3, -0.25) is 4.79 Å². The Kier molecular flexibility index (Phi) is 2.96. The predicted molar refractivity (Wildman–Crippen MR) is 72.5 cm³/mol. The zero-order valence-corrected chi connectivity index (χ0v) is 10.9. The average molecular weight is 240 g/mol. The molecule has 0 aliphatic heterocycles. The van der Waals surface area contributed by atoms with Crippen LogP contribution in [0, 0.1) is 11.3 Å². The van der Waals surface area contributed by atoms with Crippen LogP contribution in [0.5, 0.6) is 0 Å². The number of rotatable bonds is 1. The van der Waals surface area contributed by atoms with E-state index in [2.05, 4.69) is 20.8 Å². The SMILES string of the molecule is CC(C)(C)c1ccc2c(=O)n(CC#N)ccc2c1. The van der Waals surface area contributed by atoms with Crippen molar-refractivity contribution in [1.82, 2.24) is 4.57 Å². The molecule has 0 N–H and O–H groups in total. The molecule has 18 heavy (non-hydrogen) atoms. The molecule has 2 rings (SSSR count). The van der Waals surface area contributed by atoms with E-state index in [1.807, 2.05) is 30.3 Å². The van der Waals surface area contributed by atoms with Gasteiger partial charge in [0.25, 0.3) is 5.56 Å². The molecule has 0 saturated carbocycles. The van der Waals surface area contributed by atoms with Gasteiger partial charge in [0, 0.05) is 11.6 Å². The molecule has 0 bridgehead atoms. The lowest BCUT2D eigenvalue weighted by Crippen LogP contribution is -2.19. The number of fused-ring (bicyclic) bond motifs is 1. The molecule has 0 atom stereocenters.